The van der Waals surface area contributed by atoms with E-state index < -0.39 is 10.9 Å². The van der Waals surface area contributed by atoms with Crippen molar-refractivity contribution in [1.82, 2.24) is 4.98 Å². The number of carbonyl (C=O) groups is 1. The van der Waals surface area contributed by atoms with Gasteiger partial charge in [-0.2, -0.15) is 0 Å². The molecular formula is C14H13N3O4S. The molecule has 0 amide bonds. The molecule has 7 nitrogen and oxygen atoms in total. The number of rotatable bonds is 5. The number of anilines is 1. The van der Waals surface area contributed by atoms with E-state index in [1.54, 1.807) is 26.1 Å². The normalized spacial score (nSPS) is 11.3. The Morgan fingerprint density at radius 2 is 2.23 bits per heavy atom. The van der Waals surface area contributed by atoms with Gasteiger partial charge in [0.05, 0.1) is 15.5 Å². The first kappa shape index (κ1) is 15.6. The molecule has 8 heteroatoms. The quantitative estimate of drug-likeness (QED) is 0.498. The number of nitrogens with zero attached hydrogens (tertiary/aromatic N) is 2. The van der Waals surface area contributed by atoms with Crippen LogP contribution in [0.15, 0.2) is 30.3 Å². The van der Waals surface area contributed by atoms with E-state index in [9.17, 15) is 14.9 Å². The van der Waals surface area contributed by atoms with Crippen molar-refractivity contribution >= 4 is 33.7 Å². The molecule has 0 saturated heterocycles. The molecule has 2 rings (SSSR count). The minimum Gasteiger partial charge on any atom is -0.478 e. The molecule has 0 atom stereocenters. The van der Waals surface area contributed by atoms with Gasteiger partial charge in [0.1, 0.15) is 0 Å². The van der Waals surface area contributed by atoms with E-state index >= 15 is 0 Å². The van der Waals surface area contributed by atoms with Crippen LogP contribution in [0.3, 0.4) is 0 Å². The van der Waals surface area contributed by atoms with E-state index in [1.165, 1.54) is 23.5 Å². The van der Waals surface area contributed by atoms with Crippen LogP contribution in [0.2, 0.25) is 0 Å². The van der Waals surface area contributed by atoms with Crippen LogP contribution in [0.1, 0.15) is 11.8 Å². The van der Waals surface area contributed by atoms with Crippen LogP contribution in [0.5, 0.6) is 0 Å². The molecule has 0 spiro atoms. The third-order valence-corrected chi connectivity index (χ3v) is 4.08. The van der Waals surface area contributed by atoms with Crippen LogP contribution in [0.4, 0.5) is 10.8 Å². The summed E-state index contributed by atoms with van der Waals surface area (Å²) >= 11 is 1.29. The molecule has 0 radical (unpaired) electrons. The molecule has 2 N–H and O–H groups in total. The lowest BCUT2D eigenvalue weighted by Crippen LogP contribution is -1.92. The van der Waals surface area contributed by atoms with Gasteiger partial charge in [0.2, 0.25) is 0 Å². The van der Waals surface area contributed by atoms with Crippen molar-refractivity contribution in [2.45, 2.75) is 6.92 Å². The number of aliphatic carboxylic acids is 1. The van der Waals surface area contributed by atoms with Crippen LogP contribution in [-0.4, -0.2) is 28.0 Å². The number of benzene rings is 1. The molecule has 0 saturated carbocycles. The predicted octanol–water partition coefficient (Wildman–Crippen LogP) is 3.25. The second-order valence-corrected chi connectivity index (χ2v) is 5.42. The second-order valence-electron chi connectivity index (χ2n) is 4.42. The zero-order valence-corrected chi connectivity index (χ0v) is 12.7. The van der Waals surface area contributed by atoms with E-state index in [-0.39, 0.29) is 5.69 Å². The van der Waals surface area contributed by atoms with E-state index in [1.807, 2.05) is 0 Å². The first-order valence-electron chi connectivity index (χ1n) is 6.27. The van der Waals surface area contributed by atoms with E-state index in [0.717, 1.165) is 6.08 Å². The van der Waals surface area contributed by atoms with Crippen LogP contribution < -0.4 is 5.32 Å². The number of carboxylic acids is 1. The number of allylic oxidation sites excluding steroid dienone is 1. The second kappa shape index (κ2) is 6.35. The zero-order chi connectivity index (χ0) is 16.3. The topological polar surface area (TPSA) is 105 Å². The van der Waals surface area contributed by atoms with Gasteiger partial charge in [-0.25, -0.2) is 9.78 Å². The fraction of sp³-hybridized carbons (Fsp3) is 0.143. The van der Waals surface area contributed by atoms with Gasteiger partial charge >= 0.3 is 5.97 Å². The largest absolute Gasteiger partial charge is 0.478 e. The number of hydrogen-bond acceptors (Lipinski definition) is 6. The SMILES string of the molecule is CNc1nc(-c2cccc([N+](=O)[O-])c2)c(/C(C)=C/C(=O)O)s1. The average Bonchev–Trinajstić information content (AvgIpc) is 2.91. The Morgan fingerprint density at radius 3 is 2.82 bits per heavy atom. The molecule has 22 heavy (non-hydrogen) atoms. The van der Waals surface area contributed by atoms with E-state index in [0.29, 0.717) is 26.8 Å². The lowest BCUT2D eigenvalue weighted by molar-refractivity contribution is -0.384. The Kier molecular flexibility index (Phi) is 4.52. The monoisotopic (exact) mass is 319 g/mol. The molecule has 0 aliphatic rings. The van der Waals surface area contributed by atoms with E-state index in [2.05, 4.69) is 10.3 Å². The highest BCUT2D eigenvalue weighted by atomic mass is 32.1. The number of non-ortho nitro benzene ring substituents is 1. The number of aromatic nitrogens is 1. The van der Waals surface area contributed by atoms with Gasteiger partial charge in [0.25, 0.3) is 5.69 Å². The lowest BCUT2D eigenvalue weighted by Gasteiger charge is -2.02. The summed E-state index contributed by atoms with van der Waals surface area (Å²) in [4.78, 5) is 26.3. The molecule has 0 aliphatic carbocycles. The van der Waals surface area contributed by atoms with Crippen molar-refractivity contribution in [3.8, 4) is 11.3 Å². The fourth-order valence-corrected chi connectivity index (χ4v) is 2.82. The number of hydrogen-bond donors (Lipinski definition) is 2. The van der Waals surface area contributed by atoms with Gasteiger partial charge in [-0.1, -0.05) is 23.5 Å². The number of nitro groups is 1. The number of nitrogens with one attached hydrogen (secondary N) is 1. The van der Waals surface area contributed by atoms with E-state index in [4.69, 9.17) is 5.11 Å². The number of thiazole rings is 1. The molecule has 0 bridgehead atoms. The van der Waals surface area contributed by atoms with Crippen molar-refractivity contribution in [2.24, 2.45) is 0 Å². The molecular weight excluding hydrogens is 306 g/mol. The number of carboxylic acid groups (broad SMARTS) is 1. The summed E-state index contributed by atoms with van der Waals surface area (Å²) in [6.45, 7) is 1.67. The molecule has 0 aliphatic heterocycles. The Morgan fingerprint density at radius 1 is 1.50 bits per heavy atom. The lowest BCUT2D eigenvalue weighted by atomic mass is 10.1. The Labute approximate surface area is 130 Å². The highest BCUT2D eigenvalue weighted by Crippen LogP contribution is 2.36. The molecule has 2 aromatic rings. The summed E-state index contributed by atoms with van der Waals surface area (Å²) in [7, 11) is 1.70. The molecule has 1 aromatic carbocycles. The summed E-state index contributed by atoms with van der Waals surface area (Å²) in [5, 5.41) is 23.3. The Bertz CT molecular complexity index is 767. The highest BCUT2D eigenvalue weighted by molar-refractivity contribution is 7.17. The molecule has 0 unspecified atom stereocenters. The Balaban J connectivity index is 2.59. The maximum atomic E-state index is 10.9. The summed E-state index contributed by atoms with van der Waals surface area (Å²) in [6, 6.07) is 6.10. The Hall–Kier alpha value is -2.74. The maximum absolute atomic E-state index is 10.9. The van der Waals surface area contributed by atoms with Crippen molar-refractivity contribution in [3.63, 3.8) is 0 Å². The first-order valence-corrected chi connectivity index (χ1v) is 7.09. The number of nitro benzene ring substituents is 1. The standard InChI is InChI=1S/C14H13N3O4S/c1-8(6-11(18)19)13-12(16-14(15-2)22-13)9-4-3-5-10(7-9)17(20)21/h3-7H,1-2H3,(H,15,16)(H,18,19)/b8-6+. The van der Waals surface area contributed by atoms with Gasteiger partial charge in [0.15, 0.2) is 5.13 Å². The van der Waals surface area contributed by atoms with Crippen molar-refractivity contribution in [1.29, 1.82) is 0 Å². The molecule has 114 valence electrons. The van der Waals surface area contributed by atoms with Crippen molar-refractivity contribution in [3.05, 3.63) is 45.3 Å². The van der Waals surface area contributed by atoms with Crippen LogP contribution in [-0.2, 0) is 4.79 Å². The molecule has 1 heterocycles. The fourth-order valence-electron chi connectivity index (χ4n) is 1.91. The van der Waals surface area contributed by atoms with Gasteiger partial charge in [-0.05, 0) is 12.5 Å². The first-order chi connectivity index (χ1) is 10.4. The third kappa shape index (κ3) is 3.29. The smallest absolute Gasteiger partial charge is 0.328 e. The van der Waals surface area contributed by atoms with Gasteiger partial charge in [0, 0.05) is 30.8 Å². The summed E-state index contributed by atoms with van der Waals surface area (Å²) in [5.74, 6) is -1.05. The zero-order valence-electron chi connectivity index (χ0n) is 11.9. The van der Waals surface area contributed by atoms with Gasteiger partial charge < -0.3 is 10.4 Å². The van der Waals surface area contributed by atoms with Crippen LogP contribution in [0.25, 0.3) is 16.8 Å². The van der Waals surface area contributed by atoms with Gasteiger partial charge in [-0.15, -0.1) is 0 Å². The summed E-state index contributed by atoms with van der Waals surface area (Å²) in [5.41, 5.74) is 1.59. The van der Waals surface area contributed by atoms with Gasteiger partial charge in [-0.3, -0.25) is 10.1 Å². The molecule has 1 aromatic heterocycles. The minimum atomic E-state index is -1.05. The predicted molar refractivity (Wildman–Crippen MR) is 85.0 cm³/mol. The summed E-state index contributed by atoms with van der Waals surface area (Å²) < 4.78 is 0. The highest BCUT2D eigenvalue weighted by Gasteiger charge is 2.17. The maximum Gasteiger partial charge on any atom is 0.328 e. The van der Waals surface area contributed by atoms with Crippen molar-refractivity contribution in [2.75, 3.05) is 12.4 Å². The van der Waals surface area contributed by atoms with Crippen LogP contribution >= 0.6 is 11.3 Å². The molecule has 0 fully saturated rings. The summed E-state index contributed by atoms with van der Waals surface area (Å²) in [6.07, 6.45) is 1.09. The van der Waals surface area contributed by atoms with Crippen molar-refractivity contribution < 1.29 is 14.8 Å². The third-order valence-electron chi connectivity index (χ3n) is 2.87. The minimum absolute atomic E-state index is 0.0395. The average molecular weight is 319 g/mol. The van der Waals surface area contributed by atoms with Crippen LogP contribution in [0, 0.1) is 10.1 Å².